The van der Waals surface area contributed by atoms with Gasteiger partial charge in [0.25, 0.3) is 0 Å². The molecule has 0 aromatic carbocycles. The van der Waals surface area contributed by atoms with Gasteiger partial charge in [0.2, 0.25) is 0 Å². The van der Waals surface area contributed by atoms with E-state index in [4.69, 9.17) is 4.74 Å². The molecule has 0 atom stereocenters. The Morgan fingerprint density at radius 3 is 2.50 bits per heavy atom. The summed E-state index contributed by atoms with van der Waals surface area (Å²) in [6.45, 7) is 10.2. The summed E-state index contributed by atoms with van der Waals surface area (Å²) >= 11 is 0. The SMILES string of the molecule is CCCCOCC1CCN(CC)CC1. The van der Waals surface area contributed by atoms with Crippen molar-refractivity contribution in [2.24, 2.45) is 5.92 Å². The summed E-state index contributed by atoms with van der Waals surface area (Å²) in [6.07, 6.45) is 5.13. The third kappa shape index (κ3) is 4.43. The van der Waals surface area contributed by atoms with Crippen LogP contribution in [0.25, 0.3) is 0 Å². The first-order chi connectivity index (χ1) is 6.86. The molecule has 1 saturated heterocycles. The molecule has 1 aliphatic rings. The van der Waals surface area contributed by atoms with Crippen LogP contribution in [0.5, 0.6) is 0 Å². The molecule has 0 N–H and O–H groups in total. The molecule has 0 saturated carbocycles. The van der Waals surface area contributed by atoms with Crippen molar-refractivity contribution in [1.29, 1.82) is 0 Å². The Hall–Kier alpha value is -0.0800. The number of nitrogens with zero attached hydrogens (tertiary/aromatic N) is 1. The summed E-state index contributed by atoms with van der Waals surface area (Å²) in [5, 5.41) is 0. The Labute approximate surface area is 88.6 Å². The van der Waals surface area contributed by atoms with Crippen LogP contribution in [-0.2, 0) is 4.74 Å². The van der Waals surface area contributed by atoms with Crippen LogP contribution in [0.1, 0.15) is 39.5 Å². The number of likely N-dealkylation sites (tertiary alicyclic amines) is 1. The van der Waals surface area contributed by atoms with Gasteiger partial charge in [0.1, 0.15) is 0 Å². The number of piperidine rings is 1. The number of rotatable bonds is 6. The molecule has 0 bridgehead atoms. The minimum atomic E-state index is 0.828. The molecule has 0 spiro atoms. The van der Waals surface area contributed by atoms with Crippen LogP contribution in [-0.4, -0.2) is 37.7 Å². The maximum Gasteiger partial charge on any atom is 0.0495 e. The quantitative estimate of drug-likeness (QED) is 0.610. The predicted octanol–water partition coefficient (Wildman–Crippen LogP) is 2.54. The van der Waals surface area contributed by atoms with E-state index in [0.717, 1.165) is 19.1 Å². The Kier molecular flexibility index (Phi) is 6.20. The van der Waals surface area contributed by atoms with Crippen molar-refractivity contribution in [2.75, 3.05) is 32.8 Å². The van der Waals surface area contributed by atoms with Gasteiger partial charge in [0.05, 0.1) is 0 Å². The fourth-order valence-corrected chi connectivity index (χ4v) is 1.97. The van der Waals surface area contributed by atoms with E-state index >= 15 is 0 Å². The van der Waals surface area contributed by atoms with Gasteiger partial charge in [0, 0.05) is 13.2 Å². The van der Waals surface area contributed by atoms with Crippen LogP contribution in [0, 0.1) is 5.92 Å². The predicted molar refractivity (Wildman–Crippen MR) is 60.6 cm³/mol. The summed E-state index contributed by atoms with van der Waals surface area (Å²) in [4.78, 5) is 2.53. The van der Waals surface area contributed by atoms with E-state index in [1.807, 2.05) is 0 Å². The fraction of sp³-hybridized carbons (Fsp3) is 1.00. The van der Waals surface area contributed by atoms with E-state index in [2.05, 4.69) is 18.7 Å². The Morgan fingerprint density at radius 1 is 1.21 bits per heavy atom. The molecule has 0 radical (unpaired) electrons. The molecule has 1 aliphatic heterocycles. The lowest BCUT2D eigenvalue weighted by Crippen LogP contribution is -2.34. The van der Waals surface area contributed by atoms with Crippen molar-refractivity contribution in [3.8, 4) is 0 Å². The summed E-state index contributed by atoms with van der Waals surface area (Å²) < 4.78 is 5.66. The van der Waals surface area contributed by atoms with E-state index < -0.39 is 0 Å². The number of ether oxygens (including phenoxy) is 1. The molecule has 2 nitrogen and oxygen atoms in total. The molecule has 2 heteroatoms. The standard InChI is InChI=1S/C12H25NO/c1-3-5-10-14-11-12-6-8-13(4-2)9-7-12/h12H,3-11H2,1-2H3. The van der Waals surface area contributed by atoms with Crippen LogP contribution in [0.4, 0.5) is 0 Å². The largest absolute Gasteiger partial charge is 0.381 e. The highest BCUT2D eigenvalue weighted by molar-refractivity contribution is 4.70. The highest BCUT2D eigenvalue weighted by atomic mass is 16.5. The average Bonchev–Trinajstić information content (AvgIpc) is 2.25. The van der Waals surface area contributed by atoms with Crippen molar-refractivity contribution in [2.45, 2.75) is 39.5 Å². The molecule has 84 valence electrons. The molecule has 14 heavy (non-hydrogen) atoms. The van der Waals surface area contributed by atoms with Gasteiger partial charge in [0.15, 0.2) is 0 Å². The van der Waals surface area contributed by atoms with Crippen LogP contribution in [0.3, 0.4) is 0 Å². The smallest absolute Gasteiger partial charge is 0.0495 e. The van der Waals surface area contributed by atoms with Gasteiger partial charge in [-0.05, 0) is 44.8 Å². The van der Waals surface area contributed by atoms with Crippen molar-refractivity contribution in [3.63, 3.8) is 0 Å². The van der Waals surface area contributed by atoms with Crippen LogP contribution < -0.4 is 0 Å². The van der Waals surface area contributed by atoms with Gasteiger partial charge in [-0.3, -0.25) is 0 Å². The molecule has 0 aromatic rings. The van der Waals surface area contributed by atoms with Crippen molar-refractivity contribution >= 4 is 0 Å². The van der Waals surface area contributed by atoms with E-state index in [-0.39, 0.29) is 0 Å². The van der Waals surface area contributed by atoms with Crippen molar-refractivity contribution in [1.82, 2.24) is 4.90 Å². The zero-order chi connectivity index (χ0) is 10.2. The summed E-state index contributed by atoms with van der Waals surface area (Å²) in [7, 11) is 0. The minimum absolute atomic E-state index is 0.828. The minimum Gasteiger partial charge on any atom is -0.381 e. The lowest BCUT2D eigenvalue weighted by molar-refractivity contribution is 0.0667. The topological polar surface area (TPSA) is 12.5 Å². The molecular weight excluding hydrogens is 174 g/mol. The summed E-state index contributed by atoms with van der Waals surface area (Å²) in [5.41, 5.74) is 0. The molecular formula is C12H25NO. The highest BCUT2D eigenvalue weighted by Gasteiger charge is 2.17. The van der Waals surface area contributed by atoms with Crippen LogP contribution >= 0.6 is 0 Å². The first kappa shape index (κ1) is 12.0. The summed E-state index contributed by atoms with van der Waals surface area (Å²) in [6, 6.07) is 0. The lowest BCUT2D eigenvalue weighted by atomic mass is 9.98. The van der Waals surface area contributed by atoms with E-state index in [1.54, 1.807) is 0 Å². The maximum absolute atomic E-state index is 5.66. The van der Waals surface area contributed by atoms with E-state index in [9.17, 15) is 0 Å². The Bertz CT molecular complexity index is 130. The van der Waals surface area contributed by atoms with Crippen LogP contribution in [0.2, 0.25) is 0 Å². The van der Waals surface area contributed by atoms with Crippen molar-refractivity contribution < 1.29 is 4.74 Å². The number of hydrogen-bond acceptors (Lipinski definition) is 2. The van der Waals surface area contributed by atoms with Gasteiger partial charge in [-0.15, -0.1) is 0 Å². The molecule has 0 unspecified atom stereocenters. The maximum atomic E-state index is 5.66. The zero-order valence-electron chi connectivity index (χ0n) is 9.80. The highest BCUT2D eigenvalue weighted by Crippen LogP contribution is 2.17. The van der Waals surface area contributed by atoms with E-state index in [0.29, 0.717) is 0 Å². The Morgan fingerprint density at radius 2 is 1.93 bits per heavy atom. The van der Waals surface area contributed by atoms with Gasteiger partial charge < -0.3 is 9.64 Å². The first-order valence-corrected chi connectivity index (χ1v) is 6.16. The normalized spacial score (nSPS) is 20.1. The van der Waals surface area contributed by atoms with Crippen molar-refractivity contribution in [3.05, 3.63) is 0 Å². The number of hydrogen-bond donors (Lipinski definition) is 0. The molecule has 0 aliphatic carbocycles. The number of unbranched alkanes of at least 4 members (excludes halogenated alkanes) is 1. The van der Waals surface area contributed by atoms with Crippen LogP contribution in [0.15, 0.2) is 0 Å². The molecule has 0 aromatic heterocycles. The third-order valence-electron chi connectivity index (χ3n) is 3.15. The lowest BCUT2D eigenvalue weighted by Gasteiger charge is -2.30. The Balaban J connectivity index is 1.98. The zero-order valence-corrected chi connectivity index (χ0v) is 9.80. The molecule has 1 heterocycles. The van der Waals surface area contributed by atoms with E-state index in [1.165, 1.54) is 45.3 Å². The van der Waals surface area contributed by atoms with Gasteiger partial charge in [-0.25, -0.2) is 0 Å². The molecule has 1 fully saturated rings. The second-order valence-electron chi connectivity index (χ2n) is 4.31. The molecule has 1 rings (SSSR count). The first-order valence-electron chi connectivity index (χ1n) is 6.16. The monoisotopic (exact) mass is 199 g/mol. The average molecular weight is 199 g/mol. The van der Waals surface area contributed by atoms with Gasteiger partial charge in [-0.1, -0.05) is 20.3 Å². The second kappa shape index (κ2) is 7.24. The second-order valence-corrected chi connectivity index (χ2v) is 4.31. The van der Waals surface area contributed by atoms with Gasteiger partial charge >= 0.3 is 0 Å². The molecule has 0 amide bonds. The fourth-order valence-electron chi connectivity index (χ4n) is 1.97. The third-order valence-corrected chi connectivity index (χ3v) is 3.15. The van der Waals surface area contributed by atoms with Gasteiger partial charge in [-0.2, -0.15) is 0 Å². The summed E-state index contributed by atoms with van der Waals surface area (Å²) in [5.74, 6) is 0.828.